The Hall–Kier alpha value is 0.0500. The first-order valence-corrected chi connectivity index (χ1v) is 8.46. The number of benzene rings is 1. The molecule has 0 atom stereocenters. The van der Waals surface area contributed by atoms with Crippen LogP contribution >= 0.6 is 23.2 Å². The summed E-state index contributed by atoms with van der Waals surface area (Å²) in [4.78, 5) is 0. The molecule has 0 radical (unpaired) electrons. The fourth-order valence-corrected chi connectivity index (χ4v) is 2.85. The molecular formula is C17H28Cl3N. The summed E-state index contributed by atoms with van der Waals surface area (Å²) < 4.78 is 1.01. The molecule has 0 bridgehead atoms. The Kier molecular flexibility index (Phi) is 10.7. The van der Waals surface area contributed by atoms with Crippen molar-refractivity contribution in [3.05, 3.63) is 33.8 Å². The molecule has 0 heterocycles. The maximum atomic E-state index is 6.08. The summed E-state index contributed by atoms with van der Waals surface area (Å²) in [7, 11) is 4.57. The summed E-state index contributed by atoms with van der Waals surface area (Å²) in [5, 5.41) is 1.29. The third-order valence-corrected chi connectivity index (χ3v) is 4.45. The fraction of sp³-hybridized carbons (Fsp3) is 0.647. The van der Waals surface area contributed by atoms with Gasteiger partial charge in [-0.1, -0.05) is 61.9 Å². The number of nitrogens with zero attached hydrogens (tertiary/aromatic N) is 1. The molecule has 0 saturated heterocycles. The Balaban J connectivity index is 0.00000400. The van der Waals surface area contributed by atoms with Crippen molar-refractivity contribution in [1.82, 2.24) is 0 Å². The van der Waals surface area contributed by atoms with E-state index >= 15 is 0 Å². The van der Waals surface area contributed by atoms with Gasteiger partial charge in [-0.15, -0.1) is 0 Å². The third-order valence-electron chi connectivity index (χ3n) is 3.71. The molecule has 1 rings (SSSR count). The Morgan fingerprint density at radius 2 is 1.52 bits per heavy atom. The highest BCUT2D eigenvalue weighted by atomic mass is 35.5. The SMILES string of the molecule is CCCCCCCC[N+](C)(C)Cc1ccc(Cl)c(Cl)c1.[Cl-]. The average molecular weight is 353 g/mol. The van der Waals surface area contributed by atoms with Crippen molar-refractivity contribution < 1.29 is 16.9 Å². The lowest BCUT2D eigenvalue weighted by atomic mass is 10.1. The van der Waals surface area contributed by atoms with E-state index in [2.05, 4.69) is 27.1 Å². The predicted octanol–water partition coefficient (Wildman–Crippen LogP) is 2.93. The maximum absolute atomic E-state index is 6.08. The Morgan fingerprint density at radius 3 is 2.14 bits per heavy atom. The lowest BCUT2D eigenvalue weighted by molar-refractivity contribution is -0.903. The lowest BCUT2D eigenvalue weighted by Gasteiger charge is -2.30. The van der Waals surface area contributed by atoms with Gasteiger partial charge in [0.15, 0.2) is 0 Å². The molecule has 1 nitrogen and oxygen atoms in total. The zero-order chi connectivity index (χ0) is 15.0. The topological polar surface area (TPSA) is 0 Å². The van der Waals surface area contributed by atoms with Gasteiger partial charge in [0.05, 0.1) is 30.7 Å². The van der Waals surface area contributed by atoms with Crippen LogP contribution in [0.15, 0.2) is 18.2 Å². The normalized spacial score (nSPS) is 11.3. The van der Waals surface area contributed by atoms with Crippen LogP contribution in [0.25, 0.3) is 0 Å². The van der Waals surface area contributed by atoms with E-state index in [9.17, 15) is 0 Å². The third kappa shape index (κ3) is 8.93. The van der Waals surface area contributed by atoms with Gasteiger partial charge >= 0.3 is 0 Å². The first-order valence-electron chi connectivity index (χ1n) is 7.70. The smallest absolute Gasteiger partial charge is 0.104 e. The van der Waals surface area contributed by atoms with E-state index in [1.54, 1.807) is 0 Å². The van der Waals surface area contributed by atoms with Crippen molar-refractivity contribution >= 4 is 23.2 Å². The van der Waals surface area contributed by atoms with Crippen molar-refractivity contribution in [3.63, 3.8) is 0 Å². The van der Waals surface area contributed by atoms with Crippen molar-refractivity contribution in [2.24, 2.45) is 0 Å². The fourth-order valence-electron chi connectivity index (χ4n) is 2.53. The summed E-state index contributed by atoms with van der Waals surface area (Å²) in [5.41, 5.74) is 1.26. The molecule has 1 aromatic carbocycles. The maximum Gasteiger partial charge on any atom is 0.104 e. The minimum Gasteiger partial charge on any atom is -1.00 e. The van der Waals surface area contributed by atoms with Gasteiger partial charge in [0.2, 0.25) is 0 Å². The van der Waals surface area contributed by atoms with Crippen LogP contribution in [0.2, 0.25) is 10.0 Å². The summed E-state index contributed by atoms with van der Waals surface area (Å²) >= 11 is 12.0. The summed E-state index contributed by atoms with van der Waals surface area (Å²) in [6.07, 6.45) is 8.11. The lowest BCUT2D eigenvalue weighted by Crippen LogP contribution is -3.00. The Morgan fingerprint density at radius 1 is 0.905 bits per heavy atom. The van der Waals surface area contributed by atoms with Gasteiger partial charge in [-0.3, -0.25) is 0 Å². The van der Waals surface area contributed by atoms with E-state index in [0.29, 0.717) is 10.0 Å². The van der Waals surface area contributed by atoms with Crippen molar-refractivity contribution in [1.29, 1.82) is 0 Å². The number of unbranched alkanes of at least 4 members (excludes halogenated alkanes) is 5. The molecule has 21 heavy (non-hydrogen) atoms. The number of quaternary nitrogens is 1. The first kappa shape index (κ1) is 21.0. The van der Waals surface area contributed by atoms with E-state index in [4.69, 9.17) is 23.2 Å². The Labute approximate surface area is 146 Å². The van der Waals surface area contributed by atoms with Crippen LogP contribution < -0.4 is 12.4 Å². The largest absolute Gasteiger partial charge is 1.00 e. The quantitative estimate of drug-likeness (QED) is 0.473. The molecule has 0 saturated carbocycles. The molecular weight excluding hydrogens is 325 g/mol. The molecule has 1 aromatic rings. The van der Waals surface area contributed by atoms with Crippen LogP contribution in [0.4, 0.5) is 0 Å². The molecule has 0 spiro atoms. The van der Waals surface area contributed by atoms with Crippen molar-refractivity contribution in [2.75, 3.05) is 20.6 Å². The summed E-state index contributed by atoms with van der Waals surface area (Å²) in [6.45, 7) is 4.48. The first-order chi connectivity index (χ1) is 9.44. The second-order valence-electron chi connectivity index (χ2n) is 6.33. The van der Waals surface area contributed by atoms with Gasteiger partial charge in [0, 0.05) is 5.56 Å². The van der Waals surface area contributed by atoms with Gasteiger partial charge in [0.25, 0.3) is 0 Å². The average Bonchev–Trinajstić information content (AvgIpc) is 2.38. The highest BCUT2D eigenvalue weighted by molar-refractivity contribution is 6.42. The summed E-state index contributed by atoms with van der Waals surface area (Å²) in [5.74, 6) is 0. The van der Waals surface area contributed by atoms with Crippen LogP contribution in [0, 0.1) is 0 Å². The van der Waals surface area contributed by atoms with Gasteiger partial charge in [0.1, 0.15) is 6.54 Å². The molecule has 0 aliphatic carbocycles. The molecule has 0 aromatic heterocycles. The van der Waals surface area contributed by atoms with Gasteiger partial charge < -0.3 is 16.9 Å². The number of rotatable bonds is 9. The predicted molar refractivity (Wildman–Crippen MR) is 90.5 cm³/mol. The van der Waals surface area contributed by atoms with Crippen molar-refractivity contribution in [3.8, 4) is 0 Å². The minimum atomic E-state index is 0. The molecule has 0 aliphatic rings. The molecule has 0 amide bonds. The van der Waals surface area contributed by atoms with Gasteiger partial charge in [-0.25, -0.2) is 0 Å². The molecule has 0 unspecified atom stereocenters. The highest BCUT2D eigenvalue weighted by Gasteiger charge is 2.16. The second kappa shape index (κ2) is 10.7. The van der Waals surface area contributed by atoms with Crippen molar-refractivity contribution in [2.45, 2.75) is 52.0 Å². The monoisotopic (exact) mass is 351 g/mol. The van der Waals surface area contributed by atoms with E-state index in [1.807, 2.05) is 12.1 Å². The minimum absolute atomic E-state index is 0. The van der Waals surface area contributed by atoms with Crippen LogP contribution in [-0.2, 0) is 6.54 Å². The highest BCUT2D eigenvalue weighted by Crippen LogP contribution is 2.24. The van der Waals surface area contributed by atoms with E-state index < -0.39 is 0 Å². The zero-order valence-electron chi connectivity index (χ0n) is 13.5. The van der Waals surface area contributed by atoms with Crippen LogP contribution in [0.3, 0.4) is 0 Å². The van der Waals surface area contributed by atoms with Crippen LogP contribution in [0.5, 0.6) is 0 Å². The molecule has 4 heteroatoms. The van der Waals surface area contributed by atoms with E-state index in [0.717, 1.165) is 11.0 Å². The number of hydrogen-bond donors (Lipinski definition) is 0. The number of hydrogen-bond acceptors (Lipinski definition) is 0. The molecule has 0 fully saturated rings. The molecule has 0 aliphatic heterocycles. The Bertz CT molecular complexity index is 405. The molecule has 122 valence electrons. The summed E-state index contributed by atoms with van der Waals surface area (Å²) in [6, 6.07) is 5.96. The number of halogens is 3. The zero-order valence-corrected chi connectivity index (χ0v) is 15.7. The molecule has 0 N–H and O–H groups in total. The van der Waals surface area contributed by atoms with Crippen LogP contribution in [0.1, 0.15) is 51.0 Å². The van der Waals surface area contributed by atoms with Gasteiger partial charge in [-0.05, 0) is 25.0 Å². The van der Waals surface area contributed by atoms with E-state index in [1.165, 1.54) is 50.6 Å². The standard InChI is InChI=1S/C17H28Cl2N.ClH/c1-4-5-6-7-8-9-12-20(2,3)14-15-10-11-16(18)17(19)13-15;/h10-11,13H,4-9,12,14H2,1-3H3;1H/q+1;/p-1. The van der Waals surface area contributed by atoms with Gasteiger partial charge in [-0.2, -0.15) is 0 Å². The van der Waals surface area contributed by atoms with Crippen LogP contribution in [-0.4, -0.2) is 25.1 Å². The second-order valence-corrected chi connectivity index (χ2v) is 7.15. The van der Waals surface area contributed by atoms with E-state index in [-0.39, 0.29) is 12.4 Å².